The first-order chi connectivity index (χ1) is 11.7. The summed E-state index contributed by atoms with van der Waals surface area (Å²) < 4.78 is 10.5. The molecule has 0 bridgehead atoms. The van der Waals surface area contributed by atoms with Crippen molar-refractivity contribution in [1.29, 1.82) is 0 Å². The number of carboxylic acid groups (broad SMARTS) is 1. The number of benzene rings is 1. The van der Waals surface area contributed by atoms with Crippen LogP contribution in [0, 0.1) is 0 Å². The monoisotopic (exact) mass is 349 g/mol. The maximum atomic E-state index is 12.4. The fourth-order valence-electron chi connectivity index (χ4n) is 2.70. The minimum absolute atomic E-state index is 0.00352. The predicted molar refractivity (Wildman–Crippen MR) is 88.8 cm³/mol. The van der Waals surface area contributed by atoms with E-state index in [1.807, 2.05) is 18.2 Å². The van der Waals surface area contributed by atoms with Gasteiger partial charge in [-0.2, -0.15) is 0 Å². The molecule has 0 aromatic heterocycles. The summed E-state index contributed by atoms with van der Waals surface area (Å²) in [7, 11) is 0. The number of carbonyl (C=O) groups excluding carboxylic acids is 2. The Morgan fingerprint density at radius 2 is 1.72 bits per heavy atom. The topological polar surface area (TPSA) is 93.1 Å². The maximum Gasteiger partial charge on any atom is 0.411 e. The zero-order valence-electron chi connectivity index (χ0n) is 14.6. The molecule has 1 heterocycles. The van der Waals surface area contributed by atoms with Crippen LogP contribution >= 0.6 is 0 Å². The van der Waals surface area contributed by atoms with Gasteiger partial charge < -0.3 is 14.6 Å². The molecule has 7 heteroatoms. The number of hydrogen-bond acceptors (Lipinski definition) is 5. The molecule has 25 heavy (non-hydrogen) atoms. The van der Waals surface area contributed by atoms with Crippen molar-refractivity contribution in [2.24, 2.45) is 0 Å². The van der Waals surface area contributed by atoms with Crippen molar-refractivity contribution in [1.82, 2.24) is 4.90 Å². The number of ether oxygens (including phenoxy) is 2. The van der Waals surface area contributed by atoms with Crippen LogP contribution in [0.2, 0.25) is 0 Å². The van der Waals surface area contributed by atoms with Gasteiger partial charge in [-0.25, -0.2) is 14.4 Å². The lowest BCUT2D eigenvalue weighted by molar-refractivity contribution is -0.160. The van der Waals surface area contributed by atoms with Gasteiger partial charge in [0.05, 0.1) is 0 Å². The van der Waals surface area contributed by atoms with Crippen molar-refractivity contribution in [3.63, 3.8) is 0 Å². The first-order valence-corrected chi connectivity index (χ1v) is 8.14. The lowest BCUT2D eigenvalue weighted by Crippen LogP contribution is -2.49. The Balaban J connectivity index is 2.11. The number of aliphatic carboxylic acids is 1. The Morgan fingerprint density at radius 1 is 1.12 bits per heavy atom. The van der Waals surface area contributed by atoms with Crippen molar-refractivity contribution >= 4 is 18.0 Å². The van der Waals surface area contributed by atoms with Crippen LogP contribution in [0.1, 0.15) is 39.2 Å². The summed E-state index contributed by atoms with van der Waals surface area (Å²) in [5.74, 6) is -1.78. The fourth-order valence-corrected chi connectivity index (χ4v) is 2.70. The van der Waals surface area contributed by atoms with Crippen LogP contribution in [0.4, 0.5) is 4.79 Å². The third-order valence-corrected chi connectivity index (χ3v) is 3.76. The maximum absolute atomic E-state index is 12.4. The molecule has 136 valence electrons. The first kappa shape index (κ1) is 18.8. The van der Waals surface area contributed by atoms with Crippen LogP contribution in [0.25, 0.3) is 0 Å². The number of amides is 1. The number of rotatable bonds is 4. The van der Waals surface area contributed by atoms with Crippen molar-refractivity contribution < 1.29 is 29.0 Å². The van der Waals surface area contributed by atoms with Gasteiger partial charge in [0.1, 0.15) is 24.3 Å². The second-order valence-electron chi connectivity index (χ2n) is 6.93. The highest BCUT2D eigenvalue weighted by molar-refractivity contribution is 5.87. The summed E-state index contributed by atoms with van der Waals surface area (Å²) in [6, 6.07) is 6.98. The predicted octanol–water partition coefficient (Wildman–Crippen LogP) is 2.58. The highest BCUT2D eigenvalue weighted by Crippen LogP contribution is 2.28. The molecular weight excluding hydrogens is 326 g/mol. The second kappa shape index (κ2) is 7.55. The number of carbonyl (C=O) groups is 3. The standard InChI is InChI=1S/C18H23NO6/c1-18(2,3)25-16(22)14-10-9-13(15(20)21)19(14)17(23)24-11-12-7-5-4-6-8-12/h4-8,13-14H,9-11H2,1-3H3,(H,20,21). The van der Waals surface area contributed by atoms with Gasteiger partial charge in [0, 0.05) is 0 Å². The van der Waals surface area contributed by atoms with E-state index in [9.17, 15) is 19.5 Å². The zero-order chi connectivity index (χ0) is 18.6. The quantitative estimate of drug-likeness (QED) is 0.840. The number of nitrogens with zero attached hydrogens (tertiary/aromatic N) is 1. The molecule has 1 aliphatic heterocycles. The van der Waals surface area contributed by atoms with Gasteiger partial charge in [-0.3, -0.25) is 4.90 Å². The Kier molecular flexibility index (Phi) is 5.66. The van der Waals surface area contributed by atoms with Crippen LogP contribution < -0.4 is 0 Å². The summed E-state index contributed by atoms with van der Waals surface area (Å²) in [4.78, 5) is 37.2. The second-order valence-corrected chi connectivity index (χ2v) is 6.93. The van der Waals surface area contributed by atoms with Crippen LogP contribution in [-0.4, -0.2) is 45.7 Å². The average Bonchev–Trinajstić information content (AvgIpc) is 2.97. The Hall–Kier alpha value is -2.57. The SMILES string of the molecule is CC(C)(C)OC(=O)C1CCC(C(=O)O)N1C(=O)OCc1ccccc1. The molecule has 0 saturated carbocycles. The van der Waals surface area contributed by atoms with E-state index in [-0.39, 0.29) is 19.4 Å². The molecule has 2 rings (SSSR count). The molecule has 2 unspecified atom stereocenters. The molecule has 7 nitrogen and oxygen atoms in total. The van der Waals surface area contributed by atoms with Gasteiger partial charge in [-0.05, 0) is 39.2 Å². The molecule has 2 atom stereocenters. The largest absolute Gasteiger partial charge is 0.480 e. The molecule has 1 aromatic rings. The molecule has 1 saturated heterocycles. The summed E-state index contributed by atoms with van der Waals surface area (Å²) in [6.07, 6.45) is -0.420. The Labute approximate surface area is 146 Å². The van der Waals surface area contributed by atoms with Gasteiger partial charge in [-0.15, -0.1) is 0 Å². The third kappa shape index (κ3) is 4.95. The minimum Gasteiger partial charge on any atom is -0.480 e. The molecule has 1 aromatic carbocycles. The number of carboxylic acids is 1. The number of hydrogen-bond donors (Lipinski definition) is 1. The van der Waals surface area contributed by atoms with Crippen molar-refractivity contribution in [3.05, 3.63) is 35.9 Å². The third-order valence-electron chi connectivity index (χ3n) is 3.76. The Morgan fingerprint density at radius 3 is 2.28 bits per heavy atom. The van der Waals surface area contributed by atoms with Gasteiger partial charge in [-0.1, -0.05) is 30.3 Å². The molecule has 0 radical (unpaired) electrons. The van der Waals surface area contributed by atoms with Crippen molar-refractivity contribution in [3.8, 4) is 0 Å². The van der Waals surface area contributed by atoms with Crippen LogP contribution in [0.5, 0.6) is 0 Å². The molecule has 1 amide bonds. The molecular formula is C18H23NO6. The number of esters is 1. The molecule has 1 fully saturated rings. The fraction of sp³-hybridized carbons (Fsp3) is 0.500. The molecule has 0 spiro atoms. The van der Waals surface area contributed by atoms with Gasteiger partial charge in [0.2, 0.25) is 0 Å². The van der Waals surface area contributed by atoms with Crippen LogP contribution in [0.15, 0.2) is 30.3 Å². The highest BCUT2D eigenvalue weighted by atomic mass is 16.6. The lowest BCUT2D eigenvalue weighted by atomic mass is 10.1. The van der Waals surface area contributed by atoms with Crippen molar-refractivity contribution in [2.45, 2.75) is 57.9 Å². The lowest BCUT2D eigenvalue weighted by Gasteiger charge is -2.29. The summed E-state index contributed by atoms with van der Waals surface area (Å²) in [6.45, 7) is 5.15. The van der Waals surface area contributed by atoms with Crippen molar-refractivity contribution in [2.75, 3.05) is 0 Å². The van der Waals surface area contributed by atoms with Crippen LogP contribution in [-0.2, 0) is 25.7 Å². The van der Waals surface area contributed by atoms with E-state index in [1.54, 1.807) is 32.9 Å². The molecule has 1 N–H and O–H groups in total. The van der Waals surface area contributed by atoms with Gasteiger partial charge >= 0.3 is 18.0 Å². The molecule has 0 aliphatic carbocycles. The van der Waals surface area contributed by atoms with E-state index in [2.05, 4.69) is 0 Å². The van der Waals surface area contributed by atoms with E-state index in [0.717, 1.165) is 10.5 Å². The number of likely N-dealkylation sites (tertiary alicyclic amines) is 1. The van der Waals surface area contributed by atoms with E-state index in [0.29, 0.717) is 0 Å². The normalized spacial score (nSPS) is 20.2. The van der Waals surface area contributed by atoms with Gasteiger partial charge in [0.25, 0.3) is 0 Å². The molecule has 1 aliphatic rings. The average molecular weight is 349 g/mol. The summed E-state index contributed by atoms with van der Waals surface area (Å²) in [5.41, 5.74) is 0.0496. The first-order valence-electron chi connectivity index (χ1n) is 8.14. The van der Waals surface area contributed by atoms with E-state index in [1.165, 1.54) is 0 Å². The summed E-state index contributed by atoms with van der Waals surface area (Å²) in [5, 5.41) is 9.35. The zero-order valence-corrected chi connectivity index (χ0v) is 14.6. The van der Waals surface area contributed by atoms with E-state index in [4.69, 9.17) is 9.47 Å². The van der Waals surface area contributed by atoms with E-state index < -0.39 is 35.7 Å². The summed E-state index contributed by atoms with van der Waals surface area (Å²) >= 11 is 0. The Bertz CT molecular complexity index is 637. The smallest absolute Gasteiger partial charge is 0.411 e. The van der Waals surface area contributed by atoms with E-state index >= 15 is 0 Å². The van der Waals surface area contributed by atoms with Gasteiger partial charge in [0.15, 0.2) is 0 Å². The highest BCUT2D eigenvalue weighted by Gasteiger charge is 2.46. The van der Waals surface area contributed by atoms with Crippen LogP contribution in [0.3, 0.4) is 0 Å². The minimum atomic E-state index is -1.16.